The van der Waals surface area contributed by atoms with Gasteiger partial charge in [0.15, 0.2) is 0 Å². The molecule has 2 amide bonds. The van der Waals surface area contributed by atoms with E-state index in [-0.39, 0.29) is 25.5 Å². The minimum absolute atomic E-state index is 0.0363. The molecule has 1 unspecified atom stereocenters. The number of hydrogen-bond acceptors (Lipinski definition) is 5. The van der Waals surface area contributed by atoms with Gasteiger partial charge in [-0.25, -0.2) is 8.42 Å². The van der Waals surface area contributed by atoms with Crippen molar-refractivity contribution < 1.29 is 22.7 Å². The number of halogens is 1. The second kappa shape index (κ2) is 13.4. The number of benzene rings is 3. The molecule has 0 aliphatic carbocycles. The Balaban J connectivity index is 1.81. The molecular weight excluding hydrogens is 526 g/mol. The van der Waals surface area contributed by atoms with Crippen LogP contribution in [0.5, 0.6) is 5.75 Å². The van der Waals surface area contributed by atoms with Gasteiger partial charge in [-0.1, -0.05) is 72.3 Å². The third kappa shape index (κ3) is 8.31. The molecule has 0 aromatic heterocycles. The van der Waals surface area contributed by atoms with E-state index in [4.69, 9.17) is 16.3 Å². The molecule has 0 aliphatic heterocycles. The van der Waals surface area contributed by atoms with Crippen molar-refractivity contribution in [1.82, 2.24) is 14.5 Å². The number of carbonyl (C=O) groups is 2. The van der Waals surface area contributed by atoms with Crippen molar-refractivity contribution in [3.63, 3.8) is 0 Å². The second-order valence-electron chi connectivity index (χ2n) is 8.87. The van der Waals surface area contributed by atoms with E-state index in [0.29, 0.717) is 10.8 Å². The third-order valence-corrected chi connectivity index (χ3v) is 7.51. The molecule has 0 aliphatic rings. The number of amides is 2. The summed E-state index contributed by atoms with van der Waals surface area (Å²) in [7, 11) is -2.16. The molecular formula is C28H32ClN3O5S. The maximum absolute atomic E-state index is 13.6. The SMILES string of the molecule is COc1ccccc1CNC(=O)C(C)N(Cc1ccc(Cl)cc1)C(=O)CN(Cc1ccccc1)S(C)(=O)=O. The van der Waals surface area contributed by atoms with Gasteiger partial charge in [0.2, 0.25) is 21.8 Å². The number of nitrogens with zero attached hydrogens (tertiary/aromatic N) is 2. The molecule has 202 valence electrons. The van der Waals surface area contributed by atoms with Crippen molar-refractivity contribution in [2.24, 2.45) is 0 Å². The Labute approximate surface area is 229 Å². The predicted molar refractivity (Wildman–Crippen MR) is 148 cm³/mol. The third-order valence-electron chi connectivity index (χ3n) is 6.06. The normalized spacial score (nSPS) is 12.1. The van der Waals surface area contributed by atoms with Gasteiger partial charge in [-0.05, 0) is 36.2 Å². The van der Waals surface area contributed by atoms with E-state index in [1.807, 2.05) is 24.3 Å². The van der Waals surface area contributed by atoms with Gasteiger partial charge in [0.1, 0.15) is 11.8 Å². The van der Waals surface area contributed by atoms with Crippen molar-refractivity contribution in [3.05, 3.63) is 101 Å². The highest BCUT2D eigenvalue weighted by Gasteiger charge is 2.30. The lowest BCUT2D eigenvalue weighted by atomic mass is 10.1. The largest absolute Gasteiger partial charge is 0.496 e. The molecule has 0 saturated heterocycles. The van der Waals surface area contributed by atoms with Gasteiger partial charge in [-0.2, -0.15) is 4.31 Å². The molecule has 0 radical (unpaired) electrons. The van der Waals surface area contributed by atoms with E-state index >= 15 is 0 Å². The van der Waals surface area contributed by atoms with E-state index in [1.54, 1.807) is 68.6 Å². The zero-order chi connectivity index (χ0) is 27.7. The molecule has 10 heteroatoms. The van der Waals surface area contributed by atoms with E-state index in [0.717, 1.165) is 27.3 Å². The number of carbonyl (C=O) groups excluding carboxylic acids is 2. The molecule has 3 rings (SSSR count). The number of ether oxygens (including phenoxy) is 1. The molecule has 3 aromatic rings. The van der Waals surface area contributed by atoms with Gasteiger partial charge in [-0.15, -0.1) is 0 Å². The molecule has 8 nitrogen and oxygen atoms in total. The summed E-state index contributed by atoms with van der Waals surface area (Å²) in [4.78, 5) is 28.1. The summed E-state index contributed by atoms with van der Waals surface area (Å²) in [6, 6.07) is 22.4. The zero-order valence-electron chi connectivity index (χ0n) is 21.6. The van der Waals surface area contributed by atoms with Crippen LogP contribution in [0.3, 0.4) is 0 Å². The summed E-state index contributed by atoms with van der Waals surface area (Å²) in [6.45, 7) is 1.55. The van der Waals surface area contributed by atoms with E-state index in [1.165, 1.54) is 4.90 Å². The lowest BCUT2D eigenvalue weighted by molar-refractivity contribution is -0.140. The van der Waals surface area contributed by atoms with Crippen LogP contribution in [0, 0.1) is 0 Å². The van der Waals surface area contributed by atoms with Crippen molar-refractivity contribution >= 4 is 33.4 Å². The molecule has 0 fully saturated rings. The first kappa shape index (κ1) is 29.2. The minimum atomic E-state index is -3.72. The van der Waals surface area contributed by atoms with Gasteiger partial charge in [0.25, 0.3) is 0 Å². The first-order chi connectivity index (χ1) is 18.1. The van der Waals surface area contributed by atoms with Gasteiger partial charge in [0, 0.05) is 30.2 Å². The quantitative estimate of drug-likeness (QED) is 0.365. The van der Waals surface area contributed by atoms with Crippen LogP contribution in [0.1, 0.15) is 23.6 Å². The number of hydrogen-bond donors (Lipinski definition) is 1. The number of methoxy groups -OCH3 is 1. The molecule has 0 bridgehead atoms. The Morgan fingerprint density at radius 3 is 2.16 bits per heavy atom. The fourth-order valence-corrected chi connectivity index (χ4v) is 4.72. The van der Waals surface area contributed by atoms with Gasteiger partial charge in [-0.3, -0.25) is 9.59 Å². The summed E-state index contributed by atoms with van der Waals surface area (Å²) >= 11 is 6.02. The number of nitrogens with one attached hydrogen (secondary N) is 1. The van der Waals surface area contributed by atoms with Crippen molar-refractivity contribution in [2.75, 3.05) is 19.9 Å². The highest BCUT2D eigenvalue weighted by atomic mass is 35.5. The number of sulfonamides is 1. The molecule has 0 spiro atoms. The highest BCUT2D eigenvalue weighted by Crippen LogP contribution is 2.18. The number of para-hydroxylation sites is 1. The Morgan fingerprint density at radius 2 is 1.53 bits per heavy atom. The fourth-order valence-electron chi connectivity index (χ4n) is 3.87. The lowest BCUT2D eigenvalue weighted by Gasteiger charge is -2.31. The lowest BCUT2D eigenvalue weighted by Crippen LogP contribution is -2.50. The molecule has 0 saturated carbocycles. The van der Waals surface area contributed by atoms with Crippen LogP contribution in [0.4, 0.5) is 0 Å². The highest BCUT2D eigenvalue weighted by molar-refractivity contribution is 7.88. The minimum Gasteiger partial charge on any atom is -0.496 e. The number of rotatable bonds is 12. The van der Waals surface area contributed by atoms with Crippen LogP contribution in [-0.2, 0) is 39.2 Å². The molecule has 0 heterocycles. The molecule has 3 aromatic carbocycles. The standard InChI is InChI=1S/C28H32ClN3O5S/c1-21(28(34)30-17-24-11-7-8-12-26(24)37-2)32(19-23-13-15-25(29)16-14-23)27(33)20-31(38(3,35)36)18-22-9-5-4-6-10-22/h4-16,21H,17-20H2,1-3H3,(H,30,34). The van der Waals surface area contributed by atoms with Crippen LogP contribution < -0.4 is 10.1 Å². The second-order valence-corrected chi connectivity index (χ2v) is 11.3. The van der Waals surface area contributed by atoms with Gasteiger partial charge >= 0.3 is 0 Å². The summed E-state index contributed by atoms with van der Waals surface area (Å²) in [5, 5.41) is 3.40. The van der Waals surface area contributed by atoms with E-state index < -0.39 is 28.5 Å². The zero-order valence-corrected chi connectivity index (χ0v) is 23.2. The van der Waals surface area contributed by atoms with Crippen molar-refractivity contribution in [1.29, 1.82) is 0 Å². The van der Waals surface area contributed by atoms with Crippen LogP contribution in [-0.4, -0.2) is 55.4 Å². The molecule has 1 atom stereocenters. The summed E-state index contributed by atoms with van der Waals surface area (Å²) < 4.78 is 31.6. The predicted octanol–water partition coefficient (Wildman–Crippen LogP) is 3.84. The summed E-state index contributed by atoms with van der Waals surface area (Å²) in [5.74, 6) is -0.243. The first-order valence-electron chi connectivity index (χ1n) is 12.0. The van der Waals surface area contributed by atoms with Crippen LogP contribution >= 0.6 is 11.6 Å². The smallest absolute Gasteiger partial charge is 0.242 e. The average molecular weight is 558 g/mol. The van der Waals surface area contributed by atoms with Crippen molar-refractivity contribution in [3.8, 4) is 5.75 Å². The Hall–Kier alpha value is -3.40. The maximum atomic E-state index is 13.6. The summed E-state index contributed by atoms with van der Waals surface area (Å²) in [6.07, 6.45) is 1.07. The van der Waals surface area contributed by atoms with Crippen LogP contribution in [0.25, 0.3) is 0 Å². The van der Waals surface area contributed by atoms with Gasteiger partial charge < -0.3 is 15.0 Å². The fraction of sp³-hybridized carbons (Fsp3) is 0.286. The van der Waals surface area contributed by atoms with Crippen LogP contribution in [0.15, 0.2) is 78.9 Å². The van der Waals surface area contributed by atoms with E-state index in [9.17, 15) is 18.0 Å². The Morgan fingerprint density at radius 1 is 0.921 bits per heavy atom. The Bertz CT molecular complexity index is 1330. The van der Waals surface area contributed by atoms with Crippen LogP contribution in [0.2, 0.25) is 5.02 Å². The molecule has 1 N–H and O–H groups in total. The monoisotopic (exact) mass is 557 g/mol. The topological polar surface area (TPSA) is 96.0 Å². The maximum Gasteiger partial charge on any atom is 0.242 e. The summed E-state index contributed by atoms with van der Waals surface area (Å²) in [5.41, 5.74) is 2.29. The Kier molecular flexibility index (Phi) is 10.3. The van der Waals surface area contributed by atoms with Crippen molar-refractivity contribution in [2.45, 2.75) is 32.6 Å². The van der Waals surface area contributed by atoms with Gasteiger partial charge in [0.05, 0.1) is 19.9 Å². The average Bonchev–Trinajstić information content (AvgIpc) is 2.90. The molecule has 38 heavy (non-hydrogen) atoms. The first-order valence-corrected chi connectivity index (χ1v) is 14.2. The van der Waals surface area contributed by atoms with E-state index in [2.05, 4.69) is 5.32 Å².